The Morgan fingerprint density at radius 3 is 2.61 bits per heavy atom. The molecule has 0 aliphatic carbocycles. The fourth-order valence-corrected chi connectivity index (χ4v) is 3.07. The highest BCUT2D eigenvalue weighted by molar-refractivity contribution is 14.1. The zero-order valence-corrected chi connectivity index (χ0v) is 16.0. The number of hydrogen-bond acceptors (Lipinski definition) is 5. The monoisotopic (exact) mass is 435 g/mol. The third kappa shape index (κ3) is 4.36. The van der Waals surface area contributed by atoms with Crippen LogP contribution in [0.3, 0.4) is 0 Å². The van der Waals surface area contributed by atoms with E-state index in [0.29, 0.717) is 31.9 Å². The number of esters is 1. The number of carbonyl (C=O) groups excluding carboxylic acids is 2. The molecule has 1 amide bonds. The molecule has 7 nitrogen and oxygen atoms in total. The van der Waals surface area contributed by atoms with Crippen LogP contribution < -0.4 is 0 Å². The Morgan fingerprint density at radius 1 is 1.30 bits per heavy atom. The van der Waals surface area contributed by atoms with Gasteiger partial charge in [0.25, 0.3) is 0 Å². The highest BCUT2D eigenvalue weighted by atomic mass is 127. The molecule has 0 unspecified atom stereocenters. The fourth-order valence-electron chi connectivity index (χ4n) is 2.29. The van der Waals surface area contributed by atoms with Gasteiger partial charge in [-0.15, -0.1) is 0 Å². The molecule has 0 saturated carbocycles. The highest BCUT2D eigenvalue weighted by Crippen LogP contribution is 2.23. The Labute approximate surface area is 149 Å². The van der Waals surface area contributed by atoms with E-state index in [0.717, 1.165) is 15.7 Å². The number of carbonyl (C=O) groups is 2. The lowest BCUT2D eigenvalue weighted by atomic mass is 10.2. The standard InChI is InChI=1S/C15H22IN3O4/c1-5-22-13(20)12-11(16)10-9-18(7-6-8-19(10)17-12)14(21)23-15(2,3)4/h5-9H2,1-4H3. The maximum Gasteiger partial charge on any atom is 0.410 e. The molecule has 2 rings (SSSR count). The van der Waals surface area contributed by atoms with Gasteiger partial charge in [-0.25, -0.2) is 9.59 Å². The molecule has 2 heterocycles. The van der Waals surface area contributed by atoms with Crippen LogP contribution in [0.5, 0.6) is 0 Å². The summed E-state index contributed by atoms with van der Waals surface area (Å²) in [5, 5.41) is 4.35. The summed E-state index contributed by atoms with van der Waals surface area (Å²) in [4.78, 5) is 25.9. The number of hydrogen-bond donors (Lipinski definition) is 0. The van der Waals surface area contributed by atoms with E-state index in [1.54, 1.807) is 16.5 Å². The van der Waals surface area contributed by atoms with Crippen molar-refractivity contribution in [2.45, 2.75) is 52.8 Å². The van der Waals surface area contributed by atoms with Crippen LogP contribution in [0.25, 0.3) is 0 Å². The van der Waals surface area contributed by atoms with Gasteiger partial charge in [0.1, 0.15) is 5.60 Å². The van der Waals surface area contributed by atoms with Crippen molar-refractivity contribution in [2.24, 2.45) is 0 Å². The molecule has 23 heavy (non-hydrogen) atoms. The lowest BCUT2D eigenvalue weighted by Crippen LogP contribution is -2.36. The Kier molecular flexibility index (Phi) is 5.53. The Bertz CT molecular complexity index is 607. The normalized spacial score (nSPS) is 14.9. The second-order valence-electron chi connectivity index (χ2n) is 6.31. The molecule has 0 spiro atoms. The summed E-state index contributed by atoms with van der Waals surface area (Å²) < 4.78 is 13.0. The van der Waals surface area contributed by atoms with E-state index in [1.807, 2.05) is 20.8 Å². The first-order chi connectivity index (χ1) is 10.7. The van der Waals surface area contributed by atoms with Gasteiger partial charge in [-0.3, -0.25) is 4.68 Å². The molecular weight excluding hydrogens is 413 g/mol. The second kappa shape index (κ2) is 7.06. The molecule has 8 heteroatoms. The summed E-state index contributed by atoms with van der Waals surface area (Å²) in [7, 11) is 0. The molecule has 0 bridgehead atoms. The van der Waals surface area contributed by atoms with Crippen LogP contribution in [-0.4, -0.2) is 45.5 Å². The Balaban J connectivity index is 2.22. The first-order valence-electron chi connectivity index (χ1n) is 7.63. The van der Waals surface area contributed by atoms with Crippen LogP contribution in [0.4, 0.5) is 4.79 Å². The molecule has 128 valence electrons. The minimum Gasteiger partial charge on any atom is -0.461 e. The number of nitrogens with zero attached hydrogens (tertiary/aromatic N) is 3. The maximum absolute atomic E-state index is 12.3. The van der Waals surface area contributed by atoms with E-state index in [1.165, 1.54) is 0 Å². The van der Waals surface area contributed by atoms with Gasteiger partial charge >= 0.3 is 12.1 Å². The summed E-state index contributed by atoms with van der Waals surface area (Å²) in [6.07, 6.45) is 0.410. The van der Waals surface area contributed by atoms with Crippen molar-refractivity contribution in [3.63, 3.8) is 0 Å². The lowest BCUT2D eigenvalue weighted by molar-refractivity contribution is 0.0236. The van der Waals surface area contributed by atoms with Crippen molar-refractivity contribution in [3.05, 3.63) is 15.0 Å². The molecular formula is C15H22IN3O4. The maximum atomic E-state index is 12.3. The van der Waals surface area contributed by atoms with Gasteiger partial charge < -0.3 is 14.4 Å². The quantitative estimate of drug-likeness (QED) is 0.528. The first-order valence-corrected chi connectivity index (χ1v) is 8.71. The number of aryl methyl sites for hydroxylation is 1. The minimum atomic E-state index is -0.535. The number of ether oxygens (including phenoxy) is 2. The predicted molar refractivity (Wildman–Crippen MR) is 92.2 cm³/mol. The Hall–Kier alpha value is -1.32. The first kappa shape index (κ1) is 18.0. The van der Waals surface area contributed by atoms with Gasteiger partial charge in [0.15, 0.2) is 5.69 Å². The summed E-state index contributed by atoms with van der Waals surface area (Å²) in [6, 6.07) is 0. The van der Waals surface area contributed by atoms with Crippen LogP contribution in [0.15, 0.2) is 0 Å². The summed E-state index contributed by atoms with van der Waals surface area (Å²) in [5.41, 5.74) is 0.623. The third-order valence-corrected chi connectivity index (χ3v) is 4.39. The largest absolute Gasteiger partial charge is 0.461 e. The van der Waals surface area contributed by atoms with Crippen LogP contribution in [-0.2, 0) is 22.6 Å². The van der Waals surface area contributed by atoms with Crippen molar-refractivity contribution < 1.29 is 19.1 Å². The highest BCUT2D eigenvalue weighted by Gasteiger charge is 2.29. The second-order valence-corrected chi connectivity index (χ2v) is 7.39. The number of fused-ring (bicyclic) bond motifs is 1. The van der Waals surface area contributed by atoms with Crippen molar-refractivity contribution in [1.29, 1.82) is 0 Å². The van der Waals surface area contributed by atoms with E-state index < -0.39 is 11.6 Å². The number of halogens is 1. The SMILES string of the molecule is CCOC(=O)c1nn2c(c1I)CN(C(=O)OC(C)(C)C)CCC2. The molecule has 1 aliphatic heterocycles. The van der Waals surface area contributed by atoms with Crippen molar-refractivity contribution >= 4 is 34.7 Å². The van der Waals surface area contributed by atoms with E-state index in [-0.39, 0.29) is 6.09 Å². The molecule has 1 aliphatic rings. The van der Waals surface area contributed by atoms with Crippen molar-refractivity contribution in [3.8, 4) is 0 Å². The van der Waals surface area contributed by atoms with Gasteiger partial charge in [0.05, 0.1) is 22.4 Å². The van der Waals surface area contributed by atoms with Gasteiger partial charge in [0, 0.05) is 13.1 Å². The van der Waals surface area contributed by atoms with Gasteiger partial charge in [-0.2, -0.15) is 5.10 Å². The summed E-state index contributed by atoms with van der Waals surface area (Å²) in [5.74, 6) is -0.429. The van der Waals surface area contributed by atoms with Crippen LogP contribution >= 0.6 is 22.6 Å². The molecule has 0 N–H and O–H groups in total. The predicted octanol–water partition coefficient (Wildman–Crippen LogP) is 2.81. The van der Waals surface area contributed by atoms with E-state index in [4.69, 9.17) is 9.47 Å². The van der Waals surface area contributed by atoms with Crippen LogP contribution in [0.1, 0.15) is 50.3 Å². The number of rotatable bonds is 2. The van der Waals surface area contributed by atoms with Crippen molar-refractivity contribution in [2.75, 3.05) is 13.2 Å². The summed E-state index contributed by atoms with van der Waals surface area (Å²) in [6.45, 7) is 9.23. The smallest absolute Gasteiger partial charge is 0.410 e. The topological polar surface area (TPSA) is 73.7 Å². The van der Waals surface area contributed by atoms with Gasteiger partial charge in [-0.1, -0.05) is 0 Å². The molecule has 0 fully saturated rings. The molecule has 0 saturated heterocycles. The van der Waals surface area contributed by atoms with Crippen LogP contribution in [0.2, 0.25) is 0 Å². The third-order valence-electron chi connectivity index (χ3n) is 3.25. The van der Waals surface area contributed by atoms with E-state index in [2.05, 4.69) is 27.7 Å². The number of amides is 1. The zero-order valence-electron chi connectivity index (χ0n) is 13.9. The average Bonchev–Trinajstić information content (AvgIpc) is 2.62. The number of aromatic nitrogens is 2. The van der Waals surface area contributed by atoms with E-state index in [9.17, 15) is 9.59 Å². The van der Waals surface area contributed by atoms with Gasteiger partial charge in [-0.05, 0) is 56.7 Å². The Morgan fingerprint density at radius 2 is 2.00 bits per heavy atom. The van der Waals surface area contributed by atoms with Crippen molar-refractivity contribution in [1.82, 2.24) is 14.7 Å². The lowest BCUT2D eigenvalue weighted by Gasteiger charge is -2.26. The van der Waals surface area contributed by atoms with Crippen LogP contribution in [0, 0.1) is 3.57 Å². The molecule has 0 atom stereocenters. The fraction of sp³-hybridized carbons (Fsp3) is 0.667. The molecule has 0 radical (unpaired) electrons. The molecule has 1 aromatic heterocycles. The molecule has 0 aromatic carbocycles. The molecule has 1 aromatic rings. The van der Waals surface area contributed by atoms with E-state index >= 15 is 0 Å². The summed E-state index contributed by atoms with van der Waals surface area (Å²) >= 11 is 2.09. The average molecular weight is 435 g/mol. The minimum absolute atomic E-state index is 0.307. The zero-order chi connectivity index (χ0) is 17.2. The van der Waals surface area contributed by atoms with Gasteiger partial charge in [0.2, 0.25) is 0 Å².